The van der Waals surface area contributed by atoms with Crippen LogP contribution in [0.4, 0.5) is 4.39 Å². The minimum Gasteiger partial charge on any atom is -0.306 e. The first kappa shape index (κ1) is 12.0. The van der Waals surface area contributed by atoms with Crippen molar-refractivity contribution in [2.24, 2.45) is 0 Å². The number of hydrogen-bond donors (Lipinski definition) is 1. The van der Waals surface area contributed by atoms with Gasteiger partial charge in [0.05, 0.1) is 11.6 Å². The zero-order valence-electron chi connectivity index (χ0n) is 9.03. The largest absolute Gasteiger partial charge is 0.306 e. The number of benzene rings is 1. The third-order valence-corrected chi connectivity index (χ3v) is 2.51. The van der Waals surface area contributed by atoms with Crippen molar-refractivity contribution < 1.29 is 4.39 Å². The Labute approximate surface area is 104 Å². The second-order valence-electron chi connectivity index (χ2n) is 3.52. The van der Waals surface area contributed by atoms with Gasteiger partial charge in [-0.1, -0.05) is 17.7 Å². The molecule has 1 heterocycles. The first-order valence-corrected chi connectivity index (χ1v) is 5.54. The number of nitrogens with zero attached hydrogens (tertiary/aromatic N) is 2. The molecule has 3 nitrogen and oxygen atoms in total. The van der Waals surface area contributed by atoms with E-state index in [-0.39, 0.29) is 5.02 Å². The molecule has 0 radical (unpaired) electrons. The molecular weight excluding hydrogens is 241 g/mol. The fourth-order valence-electron chi connectivity index (χ4n) is 1.39. The van der Waals surface area contributed by atoms with Crippen molar-refractivity contribution in [2.45, 2.75) is 13.1 Å². The average molecular weight is 252 g/mol. The molecule has 2 rings (SSSR count). The molecule has 17 heavy (non-hydrogen) atoms. The van der Waals surface area contributed by atoms with Crippen LogP contribution in [0.15, 0.2) is 36.7 Å². The van der Waals surface area contributed by atoms with E-state index in [2.05, 4.69) is 15.3 Å². The summed E-state index contributed by atoms with van der Waals surface area (Å²) in [6.07, 6.45) is 3.39. The van der Waals surface area contributed by atoms with Gasteiger partial charge in [-0.3, -0.25) is 0 Å². The van der Waals surface area contributed by atoms with E-state index in [1.807, 2.05) is 0 Å². The van der Waals surface area contributed by atoms with Gasteiger partial charge in [0.1, 0.15) is 11.6 Å². The molecule has 0 aliphatic carbocycles. The van der Waals surface area contributed by atoms with Gasteiger partial charge >= 0.3 is 0 Å². The summed E-state index contributed by atoms with van der Waals surface area (Å²) < 4.78 is 12.9. The first-order valence-electron chi connectivity index (χ1n) is 5.16. The van der Waals surface area contributed by atoms with E-state index in [1.165, 1.54) is 6.07 Å². The summed E-state index contributed by atoms with van der Waals surface area (Å²) in [6.45, 7) is 1.16. The minimum absolute atomic E-state index is 0.139. The van der Waals surface area contributed by atoms with Gasteiger partial charge in [0.2, 0.25) is 0 Å². The lowest BCUT2D eigenvalue weighted by atomic mass is 10.2. The molecule has 0 amide bonds. The third kappa shape index (κ3) is 3.47. The summed E-state index contributed by atoms with van der Waals surface area (Å²) in [7, 11) is 0. The van der Waals surface area contributed by atoms with Crippen LogP contribution >= 0.6 is 11.6 Å². The number of halogens is 2. The predicted octanol–water partition coefficient (Wildman–Crippen LogP) is 2.56. The Hall–Kier alpha value is -1.52. The Morgan fingerprint density at radius 2 is 1.94 bits per heavy atom. The van der Waals surface area contributed by atoms with Crippen LogP contribution in [0.1, 0.15) is 11.4 Å². The summed E-state index contributed by atoms with van der Waals surface area (Å²) in [5, 5.41) is 3.30. The first-order chi connectivity index (χ1) is 8.25. The molecule has 0 unspecified atom stereocenters. The van der Waals surface area contributed by atoms with Crippen molar-refractivity contribution in [3.05, 3.63) is 58.9 Å². The van der Waals surface area contributed by atoms with Crippen LogP contribution in [0, 0.1) is 5.82 Å². The van der Waals surface area contributed by atoms with Crippen LogP contribution in [0.2, 0.25) is 5.02 Å². The summed E-state index contributed by atoms with van der Waals surface area (Å²) in [6, 6.07) is 6.43. The highest BCUT2D eigenvalue weighted by Gasteiger charge is 2.01. The summed E-state index contributed by atoms with van der Waals surface area (Å²) in [5.74, 6) is 0.322. The maximum absolute atomic E-state index is 12.9. The summed E-state index contributed by atoms with van der Waals surface area (Å²) in [4.78, 5) is 8.16. The molecule has 0 spiro atoms. The van der Waals surface area contributed by atoms with Crippen LogP contribution in [0.5, 0.6) is 0 Å². The monoisotopic (exact) mass is 251 g/mol. The Balaban J connectivity index is 1.88. The molecule has 0 atom stereocenters. The van der Waals surface area contributed by atoms with Crippen molar-refractivity contribution in [3.63, 3.8) is 0 Å². The van der Waals surface area contributed by atoms with E-state index in [0.717, 1.165) is 11.4 Å². The van der Waals surface area contributed by atoms with Gasteiger partial charge in [-0.15, -0.1) is 0 Å². The van der Waals surface area contributed by atoms with Crippen LogP contribution in [-0.2, 0) is 13.1 Å². The zero-order valence-corrected chi connectivity index (χ0v) is 9.78. The van der Waals surface area contributed by atoms with Gasteiger partial charge in [0.15, 0.2) is 0 Å². The van der Waals surface area contributed by atoms with E-state index in [0.29, 0.717) is 13.1 Å². The van der Waals surface area contributed by atoms with E-state index in [1.54, 1.807) is 30.6 Å². The Bertz CT molecular complexity index is 490. The number of hydrogen-bond acceptors (Lipinski definition) is 3. The van der Waals surface area contributed by atoms with Crippen molar-refractivity contribution in [1.82, 2.24) is 15.3 Å². The maximum atomic E-state index is 12.9. The number of nitrogens with one attached hydrogen (secondary N) is 1. The molecule has 2 aromatic rings. The van der Waals surface area contributed by atoms with Crippen LogP contribution < -0.4 is 5.32 Å². The number of rotatable bonds is 4. The fourth-order valence-corrected chi connectivity index (χ4v) is 1.59. The smallest absolute Gasteiger partial charge is 0.141 e. The van der Waals surface area contributed by atoms with Gasteiger partial charge in [0.25, 0.3) is 0 Å². The highest BCUT2D eigenvalue weighted by atomic mass is 35.5. The standard InChI is InChI=1S/C12H11ClFN3/c13-10-6-9(2-3-11(10)14)7-15-8-12-16-4-1-5-17-12/h1-6,15H,7-8H2. The Morgan fingerprint density at radius 3 is 2.65 bits per heavy atom. The molecule has 0 aliphatic rings. The number of aromatic nitrogens is 2. The Morgan fingerprint density at radius 1 is 1.18 bits per heavy atom. The molecular formula is C12H11ClFN3. The summed E-state index contributed by atoms with van der Waals surface area (Å²) >= 11 is 5.68. The molecule has 0 bridgehead atoms. The van der Waals surface area contributed by atoms with E-state index < -0.39 is 5.82 Å². The molecule has 0 fully saturated rings. The van der Waals surface area contributed by atoms with Crippen LogP contribution in [0.3, 0.4) is 0 Å². The quantitative estimate of drug-likeness (QED) is 0.908. The molecule has 5 heteroatoms. The second-order valence-corrected chi connectivity index (χ2v) is 3.92. The van der Waals surface area contributed by atoms with Crippen molar-refractivity contribution in [2.75, 3.05) is 0 Å². The normalized spacial score (nSPS) is 10.5. The maximum Gasteiger partial charge on any atom is 0.141 e. The summed E-state index contributed by atoms with van der Waals surface area (Å²) in [5.41, 5.74) is 0.923. The van der Waals surface area contributed by atoms with Crippen LogP contribution in [0.25, 0.3) is 0 Å². The Kier molecular flexibility index (Phi) is 4.01. The molecule has 0 saturated heterocycles. The van der Waals surface area contributed by atoms with Crippen molar-refractivity contribution in [1.29, 1.82) is 0 Å². The lowest BCUT2D eigenvalue weighted by Crippen LogP contribution is -2.14. The average Bonchev–Trinajstić information content (AvgIpc) is 2.35. The highest BCUT2D eigenvalue weighted by molar-refractivity contribution is 6.30. The zero-order chi connectivity index (χ0) is 12.1. The van der Waals surface area contributed by atoms with E-state index in [4.69, 9.17) is 11.6 Å². The topological polar surface area (TPSA) is 37.8 Å². The van der Waals surface area contributed by atoms with Gasteiger partial charge in [-0.25, -0.2) is 14.4 Å². The second kappa shape index (κ2) is 5.70. The predicted molar refractivity (Wildman–Crippen MR) is 64.0 cm³/mol. The molecule has 1 aromatic heterocycles. The molecule has 0 saturated carbocycles. The lowest BCUT2D eigenvalue weighted by molar-refractivity contribution is 0.624. The van der Waals surface area contributed by atoms with Crippen LogP contribution in [-0.4, -0.2) is 9.97 Å². The molecule has 1 aromatic carbocycles. The minimum atomic E-state index is -0.401. The van der Waals surface area contributed by atoms with E-state index in [9.17, 15) is 4.39 Å². The van der Waals surface area contributed by atoms with Crippen molar-refractivity contribution in [3.8, 4) is 0 Å². The van der Waals surface area contributed by atoms with Gasteiger partial charge in [-0.2, -0.15) is 0 Å². The van der Waals surface area contributed by atoms with Crippen molar-refractivity contribution >= 4 is 11.6 Å². The highest BCUT2D eigenvalue weighted by Crippen LogP contribution is 2.15. The third-order valence-electron chi connectivity index (χ3n) is 2.22. The lowest BCUT2D eigenvalue weighted by Gasteiger charge is -2.04. The molecule has 1 N–H and O–H groups in total. The van der Waals surface area contributed by atoms with Gasteiger partial charge in [-0.05, 0) is 23.8 Å². The van der Waals surface area contributed by atoms with Gasteiger partial charge < -0.3 is 5.32 Å². The SMILES string of the molecule is Fc1ccc(CNCc2ncccn2)cc1Cl. The van der Waals surface area contributed by atoms with Gasteiger partial charge in [0, 0.05) is 18.9 Å². The molecule has 0 aliphatic heterocycles. The molecule has 88 valence electrons. The van der Waals surface area contributed by atoms with E-state index >= 15 is 0 Å². The fraction of sp³-hybridized carbons (Fsp3) is 0.167.